The summed E-state index contributed by atoms with van der Waals surface area (Å²) in [5.74, 6) is 0.277. The van der Waals surface area contributed by atoms with Crippen LogP contribution in [0.4, 0.5) is 0 Å². The van der Waals surface area contributed by atoms with Crippen LogP contribution in [0, 0.1) is 0 Å². The first kappa shape index (κ1) is 16.4. The molecule has 1 amide bonds. The van der Waals surface area contributed by atoms with E-state index in [0.29, 0.717) is 23.0 Å². The second kappa shape index (κ2) is 7.39. The molecular weight excluding hydrogens is 322 g/mol. The number of nitrogens with zero attached hydrogens (tertiary/aromatic N) is 2. The molecule has 0 atom stereocenters. The number of amides is 1. The van der Waals surface area contributed by atoms with Gasteiger partial charge in [-0.2, -0.15) is 4.98 Å². The number of hydrogen-bond donors (Lipinski definition) is 1. The van der Waals surface area contributed by atoms with Crippen molar-refractivity contribution in [2.75, 3.05) is 0 Å². The van der Waals surface area contributed by atoms with Crippen LogP contribution < -0.4 is 10.1 Å². The van der Waals surface area contributed by atoms with Crippen molar-refractivity contribution in [3.63, 3.8) is 0 Å². The molecule has 3 rings (SSSR count). The van der Waals surface area contributed by atoms with Crippen molar-refractivity contribution in [1.29, 1.82) is 0 Å². The number of benzene rings is 2. The summed E-state index contributed by atoms with van der Waals surface area (Å²) in [5.41, 5.74) is 1.19. The molecule has 0 saturated heterocycles. The van der Waals surface area contributed by atoms with Gasteiger partial charge in [0.25, 0.3) is 5.91 Å². The molecule has 25 heavy (non-hydrogen) atoms. The number of carbonyl (C=O) groups is 2. The summed E-state index contributed by atoms with van der Waals surface area (Å²) in [6, 6.07) is 15.7. The zero-order valence-electron chi connectivity index (χ0n) is 13.4. The fraction of sp³-hybridized carbons (Fsp3) is 0.111. The molecule has 3 aromatic rings. The van der Waals surface area contributed by atoms with Crippen molar-refractivity contribution in [2.45, 2.75) is 13.5 Å². The third kappa shape index (κ3) is 4.29. The van der Waals surface area contributed by atoms with E-state index in [2.05, 4.69) is 15.5 Å². The third-order valence-corrected chi connectivity index (χ3v) is 3.26. The lowest BCUT2D eigenvalue weighted by Gasteiger charge is -2.05. The van der Waals surface area contributed by atoms with E-state index in [4.69, 9.17) is 9.26 Å². The topological polar surface area (TPSA) is 94.3 Å². The van der Waals surface area contributed by atoms with Gasteiger partial charge in [0.05, 0.1) is 6.54 Å². The van der Waals surface area contributed by atoms with Crippen molar-refractivity contribution >= 4 is 11.9 Å². The Morgan fingerprint density at radius 3 is 2.68 bits per heavy atom. The van der Waals surface area contributed by atoms with E-state index in [0.717, 1.165) is 5.56 Å². The predicted octanol–water partition coefficient (Wildman–Crippen LogP) is 2.59. The van der Waals surface area contributed by atoms with Gasteiger partial charge in [-0.3, -0.25) is 9.59 Å². The molecule has 0 radical (unpaired) electrons. The van der Waals surface area contributed by atoms with Crippen LogP contribution in [0.5, 0.6) is 5.75 Å². The molecule has 1 aromatic heterocycles. The molecule has 1 heterocycles. The first-order valence-corrected chi connectivity index (χ1v) is 7.56. The summed E-state index contributed by atoms with van der Waals surface area (Å²) in [6.07, 6.45) is 0. The van der Waals surface area contributed by atoms with Crippen LogP contribution in [-0.4, -0.2) is 22.0 Å². The highest BCUT2D eigenvalue weighted by atomic mass is 16.5. The van der Waals surface area contributed by atoms with E-state index in [1.165, 1.54) is 13.0 Å². The van der Waals surface area contributed by atoms with Crippen LogP contribution in [0.25, 0.3) is 11.4 Å². The standard InChI is InChI=1S/C18H15N3O4/c1-12(22)24-15-9-5-8-14(10-15)18(23)19-11-16-20-17(21-25-16)13-6-3-2-4-7-13/h2-10H,11H2,1H3,(H,19,23). The van der Waals surface area contributed by atoms with Crippen LogP contribution in [0.3, 0.4) is 0 Å². The lowest BCUT2D eigenvalue weighted by atomic mass is 10.2. The molecule has 1 N–H and O–H groups in total. The van der Waals surface area contributed by atoms with Crippen LogP contribution in [0.1, 0.15) is 23.2 Å². The summed E-state index contributed by atoms with van der Waals surface area (Å²) in [4.78, 5) is 27.4. The molecule has 0 fully saturated rings. The quantitative estimate of drug-likeness (QED) is 0.568. The SMILES string of the molecule is CC(=O)Oc1cccc(C(=O)NCc2nc(-c3ccccc3)no2)c1. The second-order valence-electron chi connectivity index (χ2n) is 5.18. The van der Waals surface area contributed by atoms with E-state index >= 15 is 0 Å². The molecule has 0 aliphatic heterocycles. The number of esters is 1. The molecular formula is C18H15N3O4. The van der Waals surface area contributed by atoms with Crippen molar-refractivity contribution in [1.82, 2.24) is 15.5 Å². The number of ether oxygens (including phenoxy) is 1. The van der Waals surface area contributed by atoms with Gasteiger partial charge in [-0.1, -0.05) is 41.6 Å². The minimum absolute atomic E-state index is 0.0937. The Morgan fingerprint density at radius 2 is 1.92 bits per heavy atom. The lowest BCUT2D eigenvalue weighted by molar-refractivity contribution is -0.131. The Morgan fingerprint density at radius 1 is 1.12 bits per heavy atom. The predicted molar refractivity (Wildman–Crippen MR) is 88.7 cm³/mol. The van der Waals surface area contributed by atoms with Crippen LogP contribution in [-0.2, 0) is 11.3 Å². The van der Waals surface area contributed by atoms with Crippen molar-refractivity contribution < 1.29 is 18.8 Å². The van der Waals surface area contributed by atoms with Gasteiger partial charge in [-0.05, 0) is 18.2 Å². The van der Waals surface area contributed by atoms with Gasteiger partial charge in [0.1, 0.15) is 5.75 Å². The van der Waals surface area contributed by atoms with E-state index in [9.17, 15) is 9.59 Å². The normalized spacial score (nSPS) is 10.3. The van der Waals surface area contributed by atoms with Gasteiger partial charge in [-0.15, -0.1) is 0 Å². The smallest absolute Gasteiger partial charge is 0.308 e. The summed E-state index contributed by atoms with van der Waals surface area (Å²) in [6.45, 7) is 1.39. The molecule has 0 saturated carbocycles. The molecule has 0 spiro atoms. The average Bonchev–Trinajstić information content (AvgIpc) is 3.09. The van der Waals surface area contributed by atoms with Gasteiger partial charge in [0.2, 0.25) is 11.7 Å². The van der Waals surface area contributed by atoms with Gasteiger partial charge < -0.3 is 14.6 Å². The fourth-order valence-corrected chi connectivity index (χ4v) is 2.16. The maximum absolute atomic E-state index is 12.2. The van der Waals surface area contributed by atoms with Crippen molar-refractivity contribution in [2.24, 2.45) is 0 Å². The van der Waals surface area contributed by atoms with E-state index in [-0.39, 0.29) is 12.5 Å². The van der Waals surface area contributed by atoms with Gasteiger partial charge in [-0.25, -0.2) is 0 Å². The highest BCUT2D eigenvalue weighted by molar-refractivity contribution is 5.94. The Balaban J connectivity index is 1.63. The summed E-state index contributed by atoms with van der Waals surface area (Å²) in [7, 11) is 0. The monoisotopic (exact) mass is 337 g/mol. The molecule has 126 valence electrons. The number of hydrogen-bond acceptors (Lipinski definition) is 6. The Hall–Kier alpha value is -3.48. The minimum atomic E-state index is -0.447. The van der Waals surface area contributed by atoms with Crippen LogP contribution in [0.15, 0.2) is 59.1 Å². The van der Waals surface area contributed by atoms with Gasteiger partial charge in [0, 0.05) is 18.1 Å². The van der Waals surface area contributed by atoms with Crippen LogP contribution >= 0.6 is 0 Å². The van der Waals surface area contributed by atoms with Crippen molar-refractivity contribution in [3.05, 3.63) is 66.1 Å². The Kier molecular flexibility index (Phi) is 4.84. The van der Waals surface area contributed by atoms with E-state index < -0.39 is 5.97 Å². The Bertz CT molecular complexity index is 890. The van der Waals surface area contributed by atoms with Crippen LogP contribution in [0.2, 0.25) is 0 Å². The minimum Gasteiger partial charge on any atom is -0.427 e. The van der Waals surface area contributed by atoms with Crippen molar-refractivity contribution in [3.8, 4) is 17.1 Å². The maximum atomic E-state index is 12.2. The highest BCUT2D eigenvalue weighted by Gasteiger charge is 2.11. The molecule has 0 bridgehead atoms. The first-order chi connectivity index (χ1) is 12.1. The fourth-order valence-electron chi connectivity index (χ4n) is 2.16. The Labute approximate surface area is 143 Å². The number of aromatic nitrogens is 2. The first-order valence-electron chi connectivity index (χ1n) is 7.56. The average molecular weight is 337 g/mol. The zero-order chi connectivity index (χ0) is 17.6. The molecule has 0 unspecified atom stereocenters. The zero-order valence-corrected chi connectivity index (χ0v) is 13.4. The van der Waals surface area contributed by atoms with Gasteiger partial charge >= 0.3 is 5.97 Å². The van der Waals surface area contributed by atoms with E-state index in [1.54, 1.807) is 18.2 Å². The summed E-state index contributed by atoms with van der Waals surface area (Å²) >= 11 is 0. The molecule has 0 aliphatic rings. The van der Waals surface area contributed by atoms with E-state index in [1.807, 2.05) is 30.3 Å². The summed E-state index contributed by atoms with van der Waals surface area (Å²) < 4.78 is 10.1. The largest absolute Gasteiger partial charge is 0.427 e. The number of rotatable bonds is 5. The molecule has 0 aliphatic carbocycles. The maximum Gasteiger partial charge on any atom is 0.308 e. The highest BCUT2D eigenvalue weighted by Crippen LogP contribution is 2.15. The molecule has 7 heteroatoms. The number of carbonyl (C=O) groups excluding carboxylic acids is 2. The number of nitrogens with one attached hydrogen (secondary N) is 1. The second-order valence-corrected chi connectivity index (χ2v) is 5.18. The third-order valence-electron chi connectivity index (χ3n) is 3.26. The summed E-state index contributed by atoms with van der Waals surface area (Å²) in [5, 5.41) is 6.57. The van der Waals surface area contributed by atoms with Gasteiger partial charge in [0.15, 0.2) is 0 Å². The lowest BCUT2D eigenvalue weighted by Crippen LogP contribution is -2.23. The molecule has 7 nitrogen and oxygen atoms in total. The molecule has 2 aromatic carbocycles.